The first-order valence-electron chi connectivity index (χ1n) is 9.10. The average Bonchev–Trinajstić information content (AvgIpc) is 2.69. The number of guanidine groups is 1. The number of benzene rings is 2. The number of nitrogens with one attached hydrogen (secondary N) is 2. The second-order valence-electron chi connectivity index (χ2n) is 6.18. The molecule has 2 rings (SSSR count). The first-order chi connectivity index (χ1) is 13.1. The molecule has 0 fully saturated rings. The molecule has 2 aromatic carbocycles. The number of nitrogens with zero attached hydrogens (tertiary/aromatic N) is 2. The molecular formula is C21H28N4O2. The smallest absolute Gasteiger partial charge is 0.253 e. The van der Waals surface area contributed by atoms with E-state index < -0.39 is 0 Å². The SMILES string of the molecule is CCNC(=NCc1ccc(C(=O)N(C)C)cc1)NCCOc1ccccc1. The Kier molecular flexibility index (Phi) is 8.16. The zero-order valence-electron chi connectivity index (χ0n) is 16.2. The lowest BCUT2D eigenvalue weighted by Gasteiger charge is -2.12. The standard InChI is InChI=1S/C21H28N4O2/c1-4-22-21(23-14-15-27-19-8-6-5-7-9-19)24-16-17-10-12-18(13-11-17)20(26)25(2)3/h5-13H,4,14-16H2,1-3H3,(H2,22,23,24). The number of hydrogen-bond donors (Lipinski definition) is 2. The van der Waals surface area contributed by atoms with Gasteiger partial charge in [0.05, 0.1) is 13.1 Å². The highest BCUT2D eigenvalue weighted by molar-refractivity contribution is 5.93. The van der Waals surface area contributed by atoms with Crippen molar-refractivity contribution in [3.63, 3.8) is 0 Å². The highest BCUT2D eigenvalue weighted by Crippen LogP contribution is 2.08. The third kappa shape index (κ3) is 7.01. The molecule has 0 aliphatic carbocycles. The lowest BCUT2D eigenvalue weighted by molar-refractivity contribution is 0.0827. The lowest BCUT2D eigenvalue weighted by Crippen LogP contribution is -2.39. The maximum atomic E-state index is 11.9. The largest absolute Gasteiger partial charge is 0.492 e. The lowest BCUT2D eigenvalue weighted by atomic mass is 10.1. The summed E-state index contributed by atoms with van der Waals surface area (Å²) in [4.78, 5) is 18.1. The summed E-state index contributed by atoms with van der Waals surface area (Å²) >= 11 is 0. The molecule has 0 unspecified atom stereocenters. The van der Waals surface area contributed by atoms with Crippen LogP contribution in [0.1, 0.15) is 22.8 Å². The Hall–Kier alpha value is -3.02. The molecule has 6 heteroatoms. The van der Waals surface area contributed by atoms with Gasteiger partial charge in [0.25, 0.3) is 5.91 Å². The van der Waals surface area contributed by atoms with Crippen LogP contribution >= 0.6 is 0 Å². The van der Waals surface area contributed by atoms with Gasteiger partial charge in [-0.15, -0.1) is 0 Å². The molecule has 2 N–H and O–H groups in total. The molecule has 0 saturated carbocycles. The molecule has 2 aromatic rings. The summed E-state index contributed by atoms with van der Waals surface area (Å²) in [5, 5.41) is 6.48. The summed E-state index contributed by atoms with van der Waals surface area (Å²) < 4.78 is 5.67. The molecule has 0 aromatic heterocycles. The van der Waals surface area contributed by atoms with Crippen LogP contribution in [-0.2, 0) is 6.54 Å². The molecule has 1 amide bonds. The normalized spacial score (nSPS) is 11.0. The highest BCUT2D eigenvalue weighted by atomic mass is 16.5. The zero-order valence-corrected chi connectivity index (χ0v) is 16.2. The van der Waals surface area contributed by atoms with E-state index in [2.05, 4.69) is 15.6 Å². The van der Waals surface area contributed by atoms with E-state index in [1.165, 1.54) is 0 Å². The molecule has 0 aliphatic heterocycles. The van der Waals surface area contributed by atoms with Crippen molar-refractivity contribution < 1.29 is 9.53 Å². The Balaban J connectivity index is 1.84. The van der Waals surface area contributed by atoms with Gasteiger partial charge in [0.15, 0.2) is 5.96 Å². The fourth-order valence-electron chi connectivity index (χ4n) is 2.38. The molecule has 0 radical (unpaired) electrons. The second kappa shape index (κ2) is 10.9. The van der Waals surface area contributed by atoms with Gasteiger partial charge in [-0.2, -0.15) is 0 Å². The van der Waals surface area contributed by atoms with E-state index in [9.17, 15) is 4.79 Å². The van der Waals surface area contributed by atoms with E-state index in [1.54, 1.807) is 19.0 Å². The van der Waals surface area contributed by atoms with Crippen molar-refractivity contribution in [2.45, 2.75) is 13.5 Å². The minimum atomic E-state index is -0.00141. The van der Waals surface area contributed by atoms with Crippen molar-refractivity contribution in [3.8, 4) is 5.75 Å². The summed E-state index contributed by atoms with van der Waals surface area (Å²) in [5.41, 5.74) is 1.72. The van der Waals surface area contributed by atoms with E-state index in [0.717, 1.165) is 23.8 Å². The molecule has 0 spiro atoms. The number of aliphatic imine (C=N–C) groups is 1. The van der Waals surface area contributed by atoms with Crippen LogP contribution in [0.25, 0.3) is 0 Å². The highest BCUT2D eigenvalue weighted by Gasteiger charge is 2.07. The summed E-state index contributed by atoms with van der Waals surface area (Å²) in [6.45, 7) is 4.54. The fraction of sp³-hybridized carbons (Fsp3) is 0.333. The van der Waals surface area contributed by atoms with Crippen LogP contribution in [0.5, 0.6) is 5.75 Å². The topological polar surface area (TPSA) is 66.0 Å². The minimum absolute atomic E-state index is 0.00141. The maximum absolute atomic E-state index is 11.9. The molecule has 0 bridgehead atoms. The van der Waals surface area contributed by atoms with Crippen LogP contribution in [0, 0.1) is 0 Å². The molecule has 6 nitrogen and oxygen atoms in total. The van der Waals surface area contributed by atoms with Gasteiger partial charge in [-0.25, -0.2) is 4.99 Å². The van der Waals surface area contributed by atoms with E-state index >= 15 is 0 Å². The van der Waals surface area contributed by atoms with Gasteiger partial charge in [-0.05, 0) is 36.8 Å². The Morgan fingerprint density at radius 1 is 1.04 bits per heavy atom. The number of rotatable bonds is 8. The summed E-state index contributed by atoms with van der Waals surface area (Å²) in [5.74, 6) is 1.59. The predicted octanol–water partition coefficient (Wildman–Crippen LogP) is 2.52. The van der Waals surface area contributed by atoms with E-state index in [-0.39, 0.29) is 5.91 Å². The van der Waals surface area contributed by atoms with Gasteiger partial charge in [-0.3, -0.25) is 4.79 Å². The van der Waals surface area contributed by atoms with Crippen molar-refractivity contribution in [1.29, 1.82) is 0 Å². The number of para-hydroxylation sites is 1. The molecule has 0 saturated heterocycles. The molecular weight excluding hydrogens is 340 g/mol. The molecule has 27 heavy (non-hydrogen) atoms. The molecule has 0 aliphatic rings. The van der Waals surface area contributed by atoms with E-state index in [0.29, 0.717) is 25.3 Å². The first-order valence-corrected chi connectivity index (χ1v) is 9.10. The van der Waals surface area contributed by atoms with Gasteiger partial charge < -0.3 is 20.3 Å². The van der Waals surface area contributed by atoms with Crippen LogP contribution < -0.4 is 15.4 Å². The quantitative estimate of drug-likeness (QED) is 0.427. The summed E-state index contributed by atoms with van der Waals surface area (Å²) in [6, 6.07) is 17.3. The number of ether oxygens (including phenoxy) is 1. The molecule has 0 heterocycles. The summed E-state index contributed by atoms with van der Waals surface area (Å²) in [6.07, 6.45) is 0. The minimum Gasteiger partial charge on any atom is -0.492 e. The molecule has 144 valence electrons. The second-order valence-corrected chi connectivity index (χ2v) is 6.18. The van der Waals surface area contributed by atoms with Crippen LogP contribution in [-0.4, -0.2) is 50.6 Å². The van der Waals surface area contributed by atoms with Crippen molar-refractivity contribution in [1.82, 2.24) is 15.5 Å². The number of amides is 1. The Morgan fingerprint density at radius 3 is 2.37 bits per heavy atom. The van der Waals surface area contributed by atoms with Crippen LogP contribution in [0.2, 0.25) is 0 Å². The Labute approximate surface area is 161 Å². The van der Waals surface area contributed by atoms with Crippen molar-refractivity contribution in [2.24, 2.45) is 4.99 Å². The Bertz CT molecular complexity index is 728. The van der Waals surface area contributed by atoms with Crippen LogP contribution in [0.3, 0.4) is 0 Å². The zero-order chi connectivity index (χ0) is 19.5. The fourth-order valence-corrected chi connectivity index (χ4v) is 2.38. The third-order valence-electron chi connectivity index (χ3n) is 3.78. The van der Waals surface area contributed by atoms with Gasteiger partial charge >= 0.3 is 0 Å². The van der Waals surface area contributed by atoms with Gasteiger partial charge in [0.1, 0.15) is 12.4 Å². The number of carbonyl (C=O) groups excluding carboxylic acids is 1. The first kappa shape index (κ1) is 20.3. The predicted molar refractivity (Wildman–Crippen MR) is 109 cm³/mol. The number of hydrogen-bond acceptors (Lipinski definition) is 3. The maximum Gasteiger partial charge on any atom is 0.253 e. The molecule has 0 atom stereocenters. The Morgan fingerprint density at radius 2 is 1.74 bits per heavy atom. The number of carbonyl (C=O) groups is 1. The van der Waals surface area contributed by atoms with Crippen molar-refractivity contribution in [2.75, 3.05) is 33.8 Å². The van der Waals surface area contributed by atoms with Crippen LogP contribution in [0.4, 0.5) is 0 Å². The van der Waals surface area contributed by atoms with E-state index in [1.807, 2.05) is 61.5 Å². The van der Waals surface area contributed by atoms with Gasteiger partial charge in [0.2, 0.25) is 0 Å². The third-order valence-corrected chi connectivity index (χ3v) is 3.78. The monoisotopic (exact) mass is 368 g/mol. The van der Waals surface area contributed by atoms with Crippen molar-refractivity contribution >= 4 is 11.9 Å². The van der Waals surface area contributed by atoms with Gasteiger partial charge in [0, 0.05) is 26.2 Å². The average molecular weight is 368 g/mol. The van der Waals surface area contributed by atoms with Gasteiger partial charge in [-0.1, -0.05) is 30.3 Å². The van der Waals surface area contributed by atoms with Crippen LogP contribution in [0.15, 0.2) is 59.6 Å². The van der Waals surface area contributed by atoms with E-state index in [4.69, 9.17) is 4.74 Å². The summed E-state index contributed by atoms with van der Waals surface area (Å²) in [7, 11) is 3.49. The van der Waals surface area contributed by atoms with Crippen molar-refractivity contribution in [3.05, 3.63) is 65.7 Å².